The van der Waals surface area contributed by atoms with Crippen LogP contribution in [0, 0.1) is 0 Å². The molecule has 3 rings (SSSR count). The predicted octanol–water partition coefficient (Wildman–Crippen LogP) is 0.809. The molecule has 0 radical (unpaired) electrons. The third-order valence-corrected chi connectivity index (χ3v) is 3.90. The number of carbonyl (C=O) groups is 2. The van der Waals surface area contributed by atoms with E-state index >= 15 is 0 Å². The number of rotatable bonds is 5. The van der Waals surface area contributed by atoms with E-state index in [1.807, 2.05) is 12.1 Å². The molecule has 2 heterocycles. The van der Waals surface area contributed by atoms with Crippen LogP contribution >= 0.6 is 0 Å². The minimum Gasteiger partial charge on any atom is -0.378 e. The summed E-state index contributed by atoms with van der Waals surface area (Å²) in [4.78, 5) is 25.7. The topological polar surface area (TPSA) is 96.7 Å². The van der Waals surface area contributed by atoms with Crippen molar-refractivity contribution in [1.82, 2.24) is 10.5 Å². The van der Waals surface area contributed by atoms with E-state index in [0.29, 0.717) is 13.0 Å². The van der Waals surface area contributed by atoms with Gasteiger partial charge >= 0.3 is 11.8 Å². The quantitative estimate of drug-likeness (QED) is 0.779. The summed E-state index contributed by atoms with van der Waals surface area (Å²) in [5.41, 5.74) is 2.26. The summed E-state index contributed by atoms with van der Waals surface area (Å²) in [6, 6.07) is 9.67. The summed E-state index contributed by atoms with van der Waals surface area (Å²) in [7, 11) is 0. The van der Waals surface area contributed by atoms with Crippen molar-refractivity contribution >= 4 is 23.3 Å². The largest absolute Gasteiger partial charge is 0.378 e. The summed E-state index contributed by atoms with van der Waals surface area (Å²) in [5, 5.41) is 8.44. The van der Waals surface area contributed by atoms with Crippen molar-refractivity contribution in [3.05, 3.63) is 42.2 Å². The van der Waals surface area contributed by atoms with E-state index in [0.717, 1.165) is 31.9 Å². The molecule has 2 N–H and O–H groups in total. The lowest BCUT2D eigenvalue weighted by Crippen LogP contribution is -2.36. The number of ether oxygens (including phenoxy) is 1. The average Bonchev–Trinajstić information content (AvgIpc) is 3.16. The lowest BCUT2D eigenvalue weighted by Gasteiger charge is -2.28. The number of amides is 2. The molecular formula is C17H20N4O4. The van der Waals surface area contributed by atoms with Gasteiger partial charge in [0, 0.05) is 31.4 Å². The van der Waals surface area contributed by atoms with Crippen molar-refractivity contribution in [1.29, 1.82) is 0 Å². The van der Waals surface area contributed by atoms with Crippen LogP contribution in [0.2, 0.25) is 0 Å². The molecule has 8 nitrogen and oxygen atoms in total. The summed E-state index contributed by atoms with van der Waals surface area (Å²) < 4.78 is 9.93. The number of nitrogens with one attached hydrogen (secondary N) is 2. The summed E-state index contributed by atoms with van der Waals surface area (Å²) in [5.74, 6) is -1.26. The molecule has 1 saturated heterocycles. The van der Waals surface area contributed by atoms with Gasteiger partial charge in [-0.2, -0.15) is 0 Å². The Kier molecular flexibility index (Phi) is 5.63. The minimum absolute atomic E-state index is 0.207. The van der Waals surface area contributed by atoms with E-state index in [1.165, 1.54) is 18.0 Å². The molecule has 1 aliphatic heterocycles. The van der Waals surface area contributed by atoms with Gasteiger partial charge < -0.3 is 19.5 Å². The van der Waals surface area contributed by atoms with Gasteiger partial charge in [0.1, 0.15) is 6.26 Å². The number of aromatic nitrogens is 1. The highest BCUT2D eigenvalue weighted by molar-refractivity contribution is 6.39. The fourth-order valence-corrected chi connectivity index (χ4v) is 2.55. The first-order chi connectivity index (χ1) is 12.2. The Hall–Kier alpha value is -2.87. The minimum atomic E-state index is -0.767. The fourth-order valence-electron chi connectivity index (χ4n) is 2.55. The highest BCUT2D eigenvalue weighted by Crippen LogP contribution is 2.16. The first kappa shape index (κ1) is 17.0. The Morgan fingerprint density at radius 3 is 2.52 bits per heavy atom. The molecule has 0 bridgehead atoms. The Morgan fingerprint density at radius 1 is 1.08 bits per heavy atom. The van der Waals surface area contributed by atoms with Gasteiger partial charge in [-0.15, -0.1) is 0 Å². The van der Waals surface area contributed by atoms with Crippen LogP contribution in [-0.4, -0.2) is 49.8 Å². The molecule has 0 unspecified atom stereocenters. The Morgan fingerprint density at radius 2 is 1.84 bits per heavy atom. The monoisotopic (exact) mass is 344 g/mol. The van der Waals surface area contributed by atoms with Crippen LogP contribution in [0.5, 0.6) is 0 Å². The standard InChI is InChI=1S/C17H20N4O4/c22-16(17(23)19-15-6-10-25-20-15)18-7-5-13-1-3-14(4-2-13)21-8-11-24-12-9-21/h1-4,6,10H,5,7-9,11-12H2,(H,18,22)(H,19,20,23). The molecule has 8 heteroatoms. The van der Waals surface area contributed by atoms with Crippen LogP contribution in [0.25, 0.3) is 0 Å². The maximum absolute atomic E-state index is 11.7. The molecule has 25 heavy (non-hydrogen) atoms. The SMILES string of the molecule is O=C(NCCc1ccc(N2CCOCC2)cc1)C(=O)Nc1ccon1. The van der Waals surface area contributed by atoms with Crippen molar-refractivity contribution in [2.75, 3.05) is 43.1 Å². The maximum atomic E-state index is 11.7. The summed E-state index contributed by atoms with van der Waals surface area (Å²) in [6.45, 7) is 3.68. The third kappa shape index (κ3) is 4.80. The number of carbonyl (C=O) groups excluding carboxylic acids is 2. The molecule has 0 spiro atoms. The zero-order chi connectivity index (χ0) is 17.5. The number of morpholine rings is 1. The van der Waals surface area contributed by atoms with Crippen molar-refractivity contribution < 1.29 is 18.8 Å². The first-order valence-electron chi connectivity index (χ1n) is 8.13. The van der Waals surface area contributed by atoms with Crippen LogP contribution in [0.4, 0.5) is 11.5 Å². The van der Waals surface area contributed by atoms with Crippen molar-refractivity contribution in [3.63, 3.8) is 0 Å². The van der Waals surface area contributed by atoms with Gasteiger partial charge in [-0.1, -0.05) is 17.3 Å². The highest BCUT2D eigenvalue weighted by atomic mass is 16.5. The second kappa shape index (κ2) is 8.29. The van der Waals surface area contributed by atoms with Crippen molar-refractivity contribution in [2.24, 2.45) is 0 Å². The van der Waals surface area contributed by atoms with E-state index in [9.17, 15) is 9.59 Å². The Labute approximate surface area is 145 Å². The zero-order valence-electron chi connectivity index (χ0n) is 13.7. The fraction of sp³-hybridized carbons (Fsp3) is 0.353. The van der Waals surface area contributed by atoms with Crippen LogP contribution in [-0.2, 0) is 20.7 Å². The molecule has 0 aliphatic carbocycles. The zero-order valence-corrected chi connectivity index (χ0v) is 13.7. The predicted molar refractivity (Wildman–Crippen MR) is 91.3 cm³/mol. The molecule has 2 amide bonds. The van der Waals surface area contributed by atoms with Crippen LogP contribution in [0.15, 0.2) is 41.1 Å². The van der Waals surface area contributed by atoms with E-state index in [1.54, 1.807) is 0 Å². The molecular weight excluding hydrogens is 324 g/mol. The van der Waals surface area contributed by atoms with Crippen LogP contribution < -0.4 is 15.5 Å². The second-order valence-electron chi connectivity index (χ2n) is 5.61. The van der Waals surface area contributed by atoms with Gasteiger partial charge in [-0.25, -0.2) is 0 Å². The normalized spacial score (nSPS) is 14.2. The smallest absolute Gasteiger partial charge is 0.314 e. The number of nitrogens with zero attached hydrogens (tertiary/aromatic N) is 2. The van der Waals surface area contributed by atoms with E-state index in [2.05, 4.69) is 37.3 Å². The Balaban J connectivity index is 1.42. The molecule has 1 aromatic carbocycles. The highest BCUT2D eigenvalue weighted by Gasteiger charge is 2.14. The third-order valence-electron chi connectivity index (χ3n) is 3.90. The summed E-state index contributed by atoms with van der Waals surface area (Å²) in [6.07, 6.45) is 1.96. The molecule has 0 saturated carbocycles. The molecule has 132 valence electrons. The van der Waals surface area contributed by atoms with Gasteiger partial charge in [-0.05, 0) is 24.1 Å². The van der Waals surface area contributed by atoms with Gasteiger partial charge in [0.15, 0.2) is 5.82 Å². The van der Waals surface area contributed by atoms with Gasteiger partial charge in [0.05, 0.1) is 13.2 Å². The van der Waals surface area contributed by atoms with Gasteiger partial charge in [0.2, 0.25) is 0 Å². The van der Waals surface area contributed by atoms with E-state index in [4.69, 9.17) is 4.74 Å². The van der Waals surface area contributed by atoms with Crippen LogP contribution in [0.3, 0.4) is 0 Å². The molecule has 1 aliphatic rings. The first-order valence-corrected chi connectivity index (χ1v) is 8.13. The Bertz CT molecular complexity index is 694. The number of benzene rings is 1. The number of hydrogen-bond donors (Lipinski definition) is 2. The summed E-state index contributed by atoms with van der Waals surface area (Å²) >= 11 is 0. The number of anilines is 2. The average molecular weight is 344 g/mol. The van der Waals surface area contributed by atoms with E-state index < -0.39 is 11.8 Å². The maximum Gasteiger partial charge on any atom is 0.314 e. The molecule has 1 fully saturated rings. The number of hydrogen-bond acceptors (Lipinski definition) is 6. The van der Waals surface area contributed by atoms with E-state index in [-0.39, 0.29) is 5.82 Å². The van der Waals surface area contributed by atoms with Crippen molar-refractivity contribution in [2.45, 2.75) is 6.42 Å². The second-order valence-corrected chi connectivity index (χ2v) is 5.61. The lowest BCUT2D eigenvalue weighted by molar-refractivity contribution is -0.136. The van der Waals surface area contributed by atoms with Gasteiger partial charge in [0.25, 0.3) is 0 Å². The lowest BCUT2D eigenvalue weighted by atomic mass is 10.1. The molecule has 1 aromatic heterocycles. The van der Waals surface area contributed by atoms with Crippen LogP contribution in [0.1, 0.15) is 5.56 Å². The van der Waals surface area contributed by atoms with Crippen molar-refractivity contribution in [3.8, 4) is 0 Å². The van der Waals surface area contributed by atoms with Gasteiger partial charge in [-0.3, -0.25) is 14.9 Å². The molecule has 0 atom stereocenters. The molecule has 2 aromatic rings.